The number of para-hydroxylation sites is 1. The minimum atomic E-state index is -0.314. The first-order valence-electron chi connectivity index (χ1n) is 12.0. The van der Waals surface area contributed by atoms with Crippen molar-refractivity contribution in [3.63, 3.8) is 0 Å². The molecule has 1 heterocycles. The number of amides is 1. The molecular formula is C29H31N3O2. The molecule has 0 bridgehead atoms. The van der Waals surface area contributed by atoms with Crippen LogP contribution in [0, 0.1) is 6.92 Å². The predicted molar refractivity (Wildman–Crippen MR) is 137 cm³/mol. The lowest BCUT2D eigenvalue weighted by molar-refractivity contribution is -0.133. The first-order chi connectivity index (χ1) is 16.5. The highest BCUT2D eigenvalue weighted by atomic mass is 16.2. The van der Waals surface area contributed by atoms with E-state index in [2.05, 4.69) is 0 Å². The van der Waals surface area contributed by atoms with Crippen LogP contribution >= 0.6 is 0 Å². The largest absolute Gasteiger partial charge is 0.333 e. The zero-order chi connectivity index (χ0) is 24.1. The summed E-state index contributed by atoms with van der Waals surface area (Å²) in [6, 6.07) is 25.0. The molecule has 4 rings (SSSR count). The molecule has 0 aliphatic rings. The monoisotopic (exact) mass is 453 g/mol. The number of carbonyl (C=O) groups is 1. The molecule has 1 unspecified atom stereocenters. The Labute approximate surface area is 200 Å². The first-order valence-corrected chi connectivity index (χ1v) is 12.0. The summed E-state index contributed by atoms with van der Waals surface area (Å²) in [4.78, 5) is 33.9. The highest BCUT2D eigenvalue weighted by Gasteiger charge is 2.28. The van der Waals surface area contributed by atoms with Crippen molar-refractivity contribution >= 4 is 16.8 Å². The Hall–Kier alpha value is -3.73. The number of nitrogens with zero attached hydrogens (tertiary/aromatic N) is 3. The van der Waals surface area contributed by atoms with Crippen LogP contribution in [0.25, 0.3) is 16.6 Å². The number of aryl methyl sites for hydroxylation is 2. The molecule has 4 aromatic rings. The minimum absolute atomic E-state index is 0.0661. The maximum Gasteiger partial charge on any atom is 0.266 e. The number of carbonyl (C=O) groups excluding carboxylic acids is 1. The third-order valence-electron chi connectivity index (χ3n) is 6.25. The van der Waals surface area contributed by atoms with E-state index in [0.29, 0.717) is 42.5 Å². The Morgan fingerprint density at radius 3 is 2.41 bits per heavy atom. The van der Waals surface area contributed by atoms with Gasteiger partial charge < -0.3 is 4.90 Å². The van der Waals surface area contributed by atoms with Gasteiger partial charge in [0.05, 0.1) is 22.6 Å². The molecule has 0 aliphatic heterocycles. The Balaban J connectivity index is 1.79. The van der Waals surface area contributed by atoms with E-state index in [-0.39, 0.29) is 17.5 Å². The van der Waals surface area contributed by atoms with Crippen molar-refractivity contribution in [1.29, 1.82) is 0 Å². The lowest BCUT2D eigenvalue weighted by Gasteiger charge is -2.31. The second-order valence-corrected chi connectivity index (χ2v) is 8.56. The first kappa shape index (κ1) is 23.4. The van der Waals surface area contributed by atoms with E-state index in [1.165, 1.54) is 0 Å². The highest BCUT2D eigenvalue weighted by molar-refractivity contribution is 5.79. The van der Waals surface area contributed by atoms with Crippen LogP contribution in [0.5, 0.6) is 0 Å². The van der Waals surface area contributed by atoms with Crippen LogP contribution < -0.4 is 5.56 Å². The molecule has 0 spiro atoms. The SMILES string of the molecule is CCC(c1nc2ccccc2c(=O)n1-c1cccc(C)c1)N(CC)C(=O)CCc1ccccc1. The molecule has 0 fully saturated rings. The summed E-state index contributed by atoms with van der Waals surface area (Å²) in [6.45, 7) is 6.58. The van der Waals surface area contributed by atoms with Gasteiger partial charge in [0.1, 0.15) is 5.82 Å². The van der Waals surface area contributed by atoms with E-state index in [0.717, 1.165) is 16.8 Å². The molecular weight excluding hydrogens is 422 g/mol. The summed E-state index contributed by atoms with van der Waals surface area (Å²) in [5, 5.41) is 0.570. The van der Waals surface area contributed by atoms with Crippen LogP contribution in [0.3, 0.4) is 0 Å². The molecule has 5 heteroatoms. The smallest absolute Gasteiger partial charge is 0.266 e. The van der Waals surface area contributed by atoms with E-state index >= 15 is 0 Å². The van der Waals surface area contributed by atoms with Gasteiger partial charge in [-0.05, 0) is 62.1 Å². The third-order valence-corrected chi connectivity index (χ3v) is 6.25. The second kappa shape index (κ2) is 10.5. The van der Waals surface area contributed by atoms with Crippen molar-refractivity contribution in [3.8, 4) is 5.69 Å². The summed E-state index contributed by atoms with van der Waals surface area (Å²) in [5.41, 5.74) is 3.50. The van der Waals surface area contributed by atoms with E-state index < -0.39 is 0 Å². The normalized spacial score (nSPS) is 12.0. The predicted octanol–water partition coefficient (Wildman–Crippen LogP) is 5.63. The van der Waals surface area contributed by atoms with E-state index in [4.69, 9.17) is 4.98 Å². The van der Waals surface area contributed by atoms with Crippen molar-refractivity contribution in [3.05, 3.63) is 106 Å². The standard InChI is InChI=1S/C29H31N3O2/c1-4-26(31(5-2)27(33)19-18-22-13-7-6-8-14-22)28-30-25-17-10-9-16-24(25)29(34)32(28)23-15-11-12-21(3)20-23/h6-17,20,26H,4-5,18-19H2,1-3H3. The maximum atomic E-state index is 13.7. The fourth-order valence-electron chi connectivity index (χ4n) is 4.54. The molecule has 0 saturated heterocycles. The van der Waals surface area contributed by atoms with Gasteiger partial charge in [0, 0.05) is 13.0 Å². The molecule has 0 radical (unpaired) electrons. The highest BCUT2D eigenvalue weighted by Crippen LogP contribution is 2.27. The number of hydrogen-bond donors (Lipinski definition) is 0. The minimum Gasteiger partial charge on any atom is -0.333 e. The van der Waals surface area contributed by atoms with Crippen LogP contribution in [0.1, 0.15) is 49.7 Å². The lowest BCUT2D eigenvalue weighted by atomic mass is 10.1. The van der Waals surface area contributed by atoms with Crippen molar-refractivity contribution in [1.82, 2.24) is 14.5 Å². The maximum absolute atomic E-state index is 13.7. The zero-order valence-electron chi connectivity index (χ0n) is 20.1. The molecule has 0 aliphatic carbocycles. The van der Waals surface area contributed by atoms with Crippen molar-refractivity contribution < 1.29 is 4.79 Å². The summed E-state index contributed by atoms with van der Waals surface area (Å²) >= 11 is 0. The van der Waals surface area contributed by atoms with Gasteiger partial charge in [-0.1, -0.05) is 61.5 Å². The number of aromatic nitrogens is 2. The van der Waals surface area contributed by atoms with Crippen molar-refractivity contribution in [2.45, 2.75) is 46.1 Å². The van der Waals surface area contributed by atoms with Crippen LogP contribution in [0.2, 0.25) is 0 Å². The second-order valence-electron chi connectivity index (χ2n) is 8.56. The topological polar surface area (TPSA) is 55.2 Å². The van der Waals surface area contributed by atoms with Crippen LogP contribution in [0.15, 0.2) is 83.7 Å². The van der Waals surface area contributed by atoms with Gasteiger partial charge in [0.2, 0.25) is 5.91 Å². The van der Waals surface area contributed by atoms with E-state index in [1.807, 2.05) is 105 Å². The summed E-state index contributed by atoms with van der Waals surface area (Å²) < 4.78 is 1.69. The van der Waals surface area contributed by atoms with Crippen molar-refractivity contribution in [2.75, 3.05) is 6.54 Å². The molecule has 3 aromatic carbocycles. The average molecular weight is 454 g/mol. The van der Waals surface area contributed by atoms with Gasteiger partial charge in [-0.2, -0.15) is 0 Å². The van der Waals surface area contributed by atoms with E-state index in [9.17, 15) is 9.59 Å². The number of benzene rings is 3. The Morgan fingerprint density at radius 1 is 0.971 bits per heavy atom. The third kappa shape index (κ3) is 4.79. The quantitative estimate of drug-likeness (QED) is 0.348. The fraction of sp³-hybridized carbons (Fsp3) is 0.276. The van der Waals surface area contributed by atoms with Crippen molar-refractivity contribution in [2.24, 2.45) is 0 Å². The van der Waals surface area contributed by atoms with Crippen LogP contribution in [0.4, 0.5) is 0 Å². The molecule has 0 N–H and O–H groups in total. The van der Waals surface area contributed by atoms with Gasteiger partial charge in [-0.15, -0.1) is 0 Å². The summed E-state index contributed by atoms with van der Waals surface area (Å²) in [5.74, 6) is 0.670. The molecule has 0 saturated carbocycles. The fourth-order valence-corrected chi connectivity index (χ4v) is 4.54. The van der Waals surface area contributed by atoms with Gasteiger partial charge >= 0.3 is 0 Å². The molecule has 34 heavy (non-hydrogen) atoms. The van der Waals surface area contributed by atoms with E-state index in [1.54, 1.807) is 4.57 Å². The summed E-state index contributed by atoms with van der Waals surface area (Å²) in [7, 11) is 0. The molecule has 174 valence electrons. The van der Waals surface area contributed by atoms with Gasteiger partial charge in [-0.3, -0.25) is 14.2 Å². The molecule has 1 atom stereocenters. The molecule has 1 amide bonds. The van der Waals surface area contributed by atoms with Crippen LogP contribution in [-0.2, 0) is 11.2 Å². The molecule has 5 nitrogen and oxygen atoms in total. The zero-order valence-corrected chi connectivity index (χ0v) is 20.1. The molecule has 1 aromatic heterocycles. The Morgan fingerprint density at radius 2 is 1.71 bits per heavy atom. The number of rotatable bonds is 8. The Bertz CT molecular complexity index is 1340. The Kier molecular flexibility index (Phi) is 7.21. The summed E-state index contributed by atoms with van der Waals surface area (Å²) in [6.07, 6.45) is 1.75. The lowest BCUT2D eigenvalue weighted by Crippen LogP contribution is -2.38. The van der Waals surface area contributed by atoms with Crippen LogP contribution in [-0.4, -0.2) is 26.9 Å². The number of hydrogen-bond acceptors (Lipinski definition) is 3. The van der Waals surface area contributed by atoms with Gasteiger partial charge in [0.25, 0.3) is 5.56 Å². The number of fused-ring (bicyclic) bond motifs is 1. The van der Waals surface area contributed by atoms with Gasteiger partial charge in [0.15, 0.2) is 0 Å². The van der Waals surface area contributed by atoms with Gasteiger partial charge in [-0.25, -0.2) is 4.98 Å². The average Bonchev–Trinajstić information content (AvgIpc) is 2.86.